The first-order valence-corrected chi connectivity index (χ1v) is 7.49. The second-order valence-corrected chi connectivity index (χ2v) is 6.39. The molecular formula is C17H24O2. The van der Waals surface area contributed by atoms with Crippen LogP contribution < -0.4 is 0 Å². The summed E-state index contributed by atoms with van der Waals surface area (Å²) in [5.74, 6) is 0.355. The lowest BCUT2D eigenvalue weighted by Crippen LogP contribution is -2.46. The van der Waals surface area contributed by atoms with Crippen molar-refractivity contribution < 1.29 is 9.84 Å². The largest absolute Gasteiger partial charge is 0.388 e. The molecule has 1 aliphatic heterocycles. The number of ether oxygens (including phenoxy) is 1. The third-order valence-corrected chi connectivity index (χ3v) is 5.08. The van der Waals surface area contributed by atoms with Gasteiger partial charge in [-0.1, -0.05) is 18.2 Å². The molecular weight excluding hydrogens is 236 g/mol. The Labute approximate surface area is 115 Å². The topological polar surface area (TPSA) is 29.5 Å². The Balaban J connectivity index is 1.81. The summed E-state index contributed by atoms with van der Waals surface area (Å²) >= 11 is 0. The van der Waals surface area contributed by atoms with E-state index in [1.165, 1.54) is 30.4 Å². The highest BCUT2D eigenvalue weighted by molar-refractivity contribution is 5.35. The van der Waals surface area contributed by atoms with Crippen LogP contribution in [0.5, 0.6) is 0 Å². The van der Waals surface area contributed by atoms with Crippen molar-refractivity contribution in [1.82, 2.24) is 0 Å². The molecule has 1 saturated heterocycles. The summed E-state index contributed by atoms with van der Waals surface area (Å²) in [7, 11) is 0. The molecule has 2 atom stereocenters. The third-order valence-electron chi connectivity index (χ3n) is 5.08. The molecule has 0 bridgehead atoms. The van der Waals surface area contributed by atoms with Crippen molar-refractivity contribution in [1.29, 1.82) is 0 Å². The summed E-state index contributed by atoms with van der Waals surface area (Å²) in [6.45, 7) is 5.01. The van der Waals surface area contributed by atoms with Gasteiger partial charge in [0.25, 0.3) is 0 Å². The molecule has 1 spiro atoms. The van der Waals surface area contributed by atoms with E-state index in [4.69, 9.17) is 4.74 Å². The number of rotatable bonds is 2. The van der Waals surface area contributed by atoms with Crippen LogP contribution in [0, 0.1) is 19.8 Å². The molecule has 1 saturated carbocycles. The fraction of sp³-hybridized carbons (Fsp3) is 0.647. The summed E-state index contributed by atoms with van der Waals surface area (Å²) in [6.07, 6.45) is 5.33. The van der Waals surface area contributed by atoms with Crippen LogP contribution >= 0.6 is 0 Å². The minimum atomic E-state index is -0.331. The second-order valence-electron chi connectivity index (χ2n) is 6.39. The number of hydrogen-bond donors (Lipinski definition) is 1. The number of aliphatic hydroxyl groups excluding tert-OH is 1. The number of aliphatic hydroxyl groups is 1. The molecule has 0 aromatic heterocycles. The molecule has 1 N–H and O–H groups in total. The first-order valence-electron chi connectivity index (χ1n) is 7.49. The van der Waals surface area contributed by atoms with Crippen molar-refractivity contribution in [2.24, 2.45) is 5.92 Å². The number of aryl methyl sites for hydroxylation is 2. The quantitative estimate of drug-likeness (QED) is 0.879. The van der Waals surface area contributed by atoms with Gasteiger partial charge in [0, 0.05) is 6.61 Å². The molecule has 2 heteroatoms. The van der Waals surface area contributed by atoms with Gasteiger partial charge < -0.3 is 9.84 Å². The highest BCUT2D eigenvalue weighted by Crippen LogP contribution is 2.47. The zero-order chi connectivity index (χ0) is 13.5. The fourth-order valence-electron chi connectivity index (χ4n) is 3.78. The van der Waals surface area contributed by atoms with Crippen LogP contribution in [0.25, 0.3) is 0 Å². The van der Waals surface area contributed by atoms with Gasteiger partial charge in [-0.15, -0.1) is 0 Å². The Morgan fingerprint density at radius 3 is 2.53 bits per heavy atom. The standard InChI is InChI=1S/C17H24O2/c1-12-5-3-6-13(2)15(12)16(18)14-7-10-19-17(11-14)8-4-9-17/h3,5-6,14,16,18H,4,7-11H2,1-2H3. The molecule has 19 heavy (non-hydrogen) atoms. The van der Waals surface area contributed by atoms with Crippen LogP contribution in [0.2, 0.25) is 0 Å². The molecule has 0 radical (unpaired) electrons. The van der Waals surface area contributed by atoms with E-state index in [1.54, 1.807) is 0 Å². The van der Waals surface area contributed by atoms with Gasteiger partial charge in [0.2, 0.25) is 0 Å². The minimum absolute atomic E-state index is 0.112. The Kier molecular flexibility index (Phi) is 3.40. The van der Waals surface area contributed by atoms with Gasteiger partial charge in [0.05, 0.1) is 11.7 Å². The van der Waals surface area contributed by atoms with E-state index in [0.29, 0.717) is 5.92 Å². The van der Waals surface area contributed by atoms with E-state index < -0.39 is 0 Å². The van der Waals surface area contributed by atoms with E-state index in [2.05, 4.69) is 32.0 Å². The van der Waals surface area contributed by atoms with Gasteiger partial charge in [-0.25, -0.2) is 0 Å². The Morgan fingerprint density at radius 2 is 1.95 bits per heavy atom. The predicted molar refractivity (Wildman–Crippen MR) is 76.1 cm³/mol. The minimum Gasteiger partial charge on any atom is -0.388 e. The van der Waals surface area contributed by atoms with Gasteiger partial charge >= 0.3 is 0 Å². The molecule has 0 amide bonds. The number of hydrogen-bond acceptors (Lipinski definition) is 2. The monoisotopic (exact) mass is 260 g/mol. The lowest BCUT2D eigenvalue weighted by Gasteiger charge is -2.48. The number of benzene rings is 1. The molecule has 1 heterocycles. The zero-order valence-corrected chi connectivity index (χ0v) is 12.0. The van der Waals surface area contributed by atoms with Gasteiger partial charge in [-0.05, 0) is 68.6 Å². The van der Waals surface area contributed by atoms with Crippen LogP contribution in [-0.2, 0) is 4.74 Å². The molecule has 104 valence electrons. The first-order chi connectivity index (χ1) is 9.11. The molecule has 1 aromatic carbocycles. The lowest BCUT2D eigenvalue weighted by atomic mass is 9.70. The third kappa shape index (κ3) is 2.32. The highest BCUT2D eigenvalue weighted by atomic mass is 16.5. The maximum Gasteiger partial charge on any atom is 0.0825 e. The predicted octanol–water partition coefficient (Wildman–Crippen LogP) is 3.69. The van der Waals surface area contributed by atoms with Gasteiger partial charge in [-0.3, -0.25) is 0 Å². The first kappa shape index (κ1) is 13.1. The van der Waals surface area contributed by atoms with E-state index in [0.717, 1.165) is 25.0 Å². The second kappa shape index (κ2) is 4.92. The van der Waals surface area contributed by atoms with E-state index in [-0.39, 0.29) is 11.7 Å². The maximum absolute atomic E-state index is 10.8. The van der Waals surface area contributed by atoms with Crippen molar-refractivity contribution in [2.45, 2.75) is 57.7 Å². The SMILES string of the molecule is Cc1cccc(C)c1C(O)C1CCOC2(CCC2)C1. The summed E-state index contributed by atoms with van der Waals surface area (Å²) in [5, 5.41) is 10.8. The van der Waals surface area contributed by atoms with E-state index in [9.17, 15) is 5.11 Å². The fourth-order valence-corrected chi connectivity index (χ4v) is 3.78. The van der Waals surface area contributed by atoms with Crippen LogP contribution in [0.4, 0.5) is 0 Å². The van der Waals surface area contributed by atoms with Crippen LogP contribution in [0.3, 0.4) is 0 Å². The van der Waals surface area contributed by atoms with E-state index in [1.807, 2.05) is 0 Å². The zero-order valence-electron chi connectivity index (χ0n) is 12.0. The molecule has 1 aromatic rings. The summed E-state index contributed by atoms with van der Waals surface area (Å²) < 4.78 is 5.97. The molecule has 1 aliphatic carbocycles. The Morgan fingerprint density at radius 1 is 1.26 bits per heavy atom. The van der Waals surface area contributed by atoms with Crippen molar-refractivity contribution >= 4 is 0 Å². The van der Waals surface area contributed by atoms with Crippen LogP contribution in [0.15, 0.2) is 18.2 Å². The van der Waals surface area contributed by atoms with Crippen molar-refractivity contribution in [3.8, 4) is 0 Å². The molecule has 2 unspecified atom stereocenters. The molecule has 2 nitrogen and oxygen atoms in total. The molecule has 2 aliphatic rings. The highest BCUT2D eigenvalue weighted by Gasteiger charge is 2.44. The summed E-state index contributed by atoms with van der Waals surface area (Å²) in [4.78, 5) is 0. The van der Waals surface area contributed by atoms with Crippen LogP contribution in [-0.4, -0.2) is 17.3 Å². The smallest absolute Gasteiger partial charge is 0.0825 e. The summed E-state index contributed by atoms with van der Waals surface area (Å²) in [5.41, 5.74) is 3.67. The average Bonchev–Trinajstić information content (AvgIpc) is 2.37. The molecule has 3 rings (SSSR count). The van der Waals surface area contributed by atoms with Gasteiger partial charge in [0.1, 0.15) is 0 Å². The Bertz CT molecular complexity index is 442. The average molecular weight is 260 g/mol. The van der Waals surface area contributed by atoms with Gasteiger partial charge in [0.15, 0.2) is 0 Å². The normalized spacial score (nSPS) is 27.0. The lowest BCUT2D eigenvalue weighted by molar-refractivity contribution is -0.157. The summed E-state index contributed by atoms with van der Waals surface area (Å²) in [6, 6.07) is 6.27. The van der Waals surface area contributed by atoms with Crippen molar-refractivity contribution in [2.75, 3.05) is 6.61 Å². The molecule has 2 fully saturated rings. The maximum atomic E-state index is 10.8. The van der Waals surface area contributed by atoms with Gasteiger partial charge in [-0.2, -0.15) is 0 Å². The van der Waals surface area contributed by atoms with Crippen LogP contribution in [0.1, 0.15) is 54.9 Å². The van der Waals surface area contributed by atoms with Crippen molar-refractivity contribution in [3.05, 3.63) is 34.9 Å². The Hall–Kier alpha value is -0.860. The van der Waals surface area contributed by atoms with Crippen molar-refractivity contribution in [3.63, 3.8) is 0 Å². The van der Waals surface area contributed by atoms with E-state index >= 15 is 0 Å².